The minimum Gasteiger partial charge on any atom is -0.457 e. The van der Waals surface area contributed by atoms with Gasteiger partial charge < -0.3 is 19.9 Å². The van der Waals surface area contributed by atoms with Gasteiger partial charge in [-0.15, -0.1) is 5.10 Å². The average molecular weight is 573 g/mol. The van der Waals surface area contributed by atoms with Gasteiger partial charge in [0.1, 0.15) is 41.1 Å². The highest BCUT2D eigenvalue weighted by atomic mass is 19.1. The van der Waals surface area contributed by atoms with Crippen molar-refractivity contribution in [2.24, 2.45) is 7.05 Å². The summed E-state index contributed by atoms with van der Waals surface area (Å²) in [6.07, 6.45) is 2.97. The van der Waals surface area contributed by atoms with Gasteiger partial charge in [0.15, 0.2) is 11.6 Å². The lowest BCUT2D eigenvalue weighted by atomic mass is 10.2. The van der Waals surface area contributed by atoms with Crippen molar-refractivity contribution in [2.45, 2.75) is 13.0 Å². The Labute approximate surface area is 238 Å². The second-order valence-electron chi connectivity index (χ2n) is 9.85. The highest BCUT2D eigenvalue weighted by molar-refractivity contribution is 5.91. The molecule has 0 bridgehead atoms. The number of halogens is 2. The molecule has 0 radical (unpaired) electrons. The summed E-state index contributed by atoms with van der Waals surface area (Å²) in [6.45, 7) is 4.63. The molecule has 1 saturated heterocycles. The molecule has 0 spiro atoms. The lowest BCUT2D eigenvalue weighted by Gasteiger charge is -2.39. The van der Waals surface area contributed by atoms with Crippen LogP contribution in [0.15, 0.2) is 61.3 Å². The lowest BCUT2D eigenvalue weighted by Crippen LogP contribution is -2.56. The number of piperazine rings is 1. The molecule has 1 amide bonds. The predicted octanol–water partition coefficient (Wildman–Crippen LogP) is 4.02. The first-order valence-corrected chi connectivity index (χ1v) is 13.1. The average Bonchev–Trinajstić information content (AvgIpc) is 3.37. The van der Waals surface area contributed by atoms with Gasteiger partial charge in [-0.05, 0) is 42.8 Å². The number of anilines is 3. The fourth-order valence-corrected chi connectivity index (χ4v) is 4.87. The van der Waals surface area contributed by atoms with Crippen LogP contribution in [0.25, 0.3) is 22.1 Å². The van der Waals surface area contributed by atoms with Gasteiger partial charge in [0, 0.05) is 38.4 Å². The summed E-state index contributed by atoms with van der Waals surface area (Å²) in [5.74, 6) is 0.0781. The number of aryl methyl sites for hydroxylation is 2. The number of hydrogen-bond donors (Lipinski definition) is 1. The number of rotatable bonds is 7. The SMILES string of the molecule is C=C(F)C(=O)N1CCN(c2ncc3ncnc(Nc4ccc(Oc5ccc6c(c5)nnn6C)c(C)c4)c3n2)C[C@H]1CF. The first kappa shape index (κ1) is 26.9. The van der Waals surface area contributed by atoms with E-state index in [1.807, 2.05) is 50.4 Å². The molecule has 6 rings (SSSR count). The van der Waals surface area contributed by atoms with Crippen molar-refractivity contribution in [2.75, 3.05) is 36.5 Å². The smallest absolute Gasteiger partial charge is 0.282 e. The van der Waals surface area contributed by atoms with Gasteiger partial charge in [0.2, 0.25) is 5.95 Å². The van der Waals surface area contributed by atoms with E-state index in [0.29, 0.717) is 40.8 Å². The third kappa shape index (κ3) is 5.13. The number of benzene rings is 2. The van der Waals surface area contributed by atoms with Crippen molar-refractivity contribution in [1.82, 2.24) is 39.8 Å². The van der Waals surface area contributed by atoms with Crippen molar-refractivity contribution < 1.29 is 18.3 Å². The Hall–Kier alpha value is -5.27. The number of hydrogen-bond acceptors (Lipinski definition) is 10. The van der Waals surface area contributed by atoms with Crippen LogP contribution < -0.4 is 15.0 Å². The number of ether oxygens (including phenoxy) is 1. The Bertz CT molecular complexity index is 1830. The van der Waals surface area contributed by atoms with Crippen LogP contribution in [0.4, 0.5) is 26.2 Å². The van der Waals surface area contributed by atoms with Gasteiger partial charge in [-0.3, -0.25) is 4.79 Å². The quantitative estimate of drug-likeness (QED) is 0.286. The fraction of sp³-hybridized carbons (Fsp3) is 0.250. The zero-order valence-electron chi connectivity index (χ0n) is 22.8. The normalized spacial score (nSPS) is 15.3. The maximum atomic E-state index is 13.8. The van der Waals surface area contributed by atoms with Crippen LogP contribution in [0.5, 0.6) is 11.5 Å². The minimum absolute atomic E-state index is 0.0991. The summed E-state index contributed by atoms with van der Waals surface area (Å²) in [6, 6.07) is 10.4. The zero-order valence-corrected chi connectivity index (χ0v) is 22.8. The lowest BCUT2D eigenvalue weighted by molar-refractivity contribution is -0.131. The van der Waals surface area contributed by atoms with E-state index >= 15 is 0 Å². The van der Waals surface area contributed by atoms with Gasteiger partial charge in [-0.25, -0.2) is 33.4 Å². The molecule has 4 heterocycles. The van der Waals surface area contributed by atoms with Crippen LogP contribution in [0.1, 0.15) is 5.56 Å². The van der Waals surface area contributed by atoms with Gasteiger partial charge >= 0.3 is 0 Å². The summed E-state index contributed by atoms with van der Waals surface area (Å²) >= 11 is 0. The number of nitrogens with one attached hydrogen (secondary N) is 1. The molecule has 1 N–H and O–H groups in total. The summed E-state index contributed by atoms with van der Waals surface area (Å²) in [4.78, 5) is 32.7. The van der Waals surface area contributed by atoms with Gasteiger partial charge in [0.05, 0.1) is 17.8 Å². The number of alkyl halides is 1. The highest BCUT2D eigenvalue weighted by Gasteiger charge is 2.33. The van der Waals surface area contributed by atoms with E-state index in [2.05, 4.69) is 42.1 Å². The third-order valence-electron chi connectivity index (χ3n) is 7.05. The molecule has 12 nitrogen and oxygen atoms in total. The highest BCUT2D eigenvalue weighted by Crippen LogP contribution is 2.31. The molecule has 5 aromatic rings. The summed E-state index contributed by atoms with van der Waals surface area (Å²) in [5.41, 5.74) is 4.26. The van der Waals surface area contributed by atoms with Crippen molar-refractivity contribution in [3.8, 4) is 11.5 Å². The molecule has 0 unspecified atom stereocenters. The van der Waals surface area contributed by atoms with E-state index in [-0.39, 0.29) is 13.1 Å². The molecule has 1 atom stereocenters. The van der Waals surface area contributed by atoms with E-state index < -0.39 is 24.5 Å². The number of aromatic nitrogens is 7. The largest absolute Gasteiger partial charge is 0.457 e. The Morgan fingerprint density at radius 1 is 1.14 bits per heavy atom. The molecular formula is C28H26F2N10O2. The van der Waals surface area contributed by atoms with Crippen LogP contribution >= 0.6 is 0 Å². The van der Waals surface area contributed by atoms with Crippen LogP contribution in [-0.4, -0.2) is 78.1 Å². The van der Waals surface area contributed by atoms with Crippen molar-refractivity contribution in [3.05, 3.63) is 66.9 Å². The molecule has 1 aliphatic rings. The topological polar surface area (TPSA) is 127 Å². The fourth-order valence-electron chi connectivity index (χ4n) is 4.87. The Morgan fingerprint density at radius 2 is 2.00 bits per heavy atom. The molecule has 3 aromatic heterocycles. The minimum atomic E-state index is -1.12. The Kier molecular flexibility index (Phi) is 7.02. The van der Waals surface area contributed by atoms with Crippen molar-refractivity contribution in [1.29, 1.82) is 0 Å². The Balaban J connectivity index is 1.21. The van der Waals surface area contributed by atoms with E-state index in [0.717, 1.165) is 27.2 Å². The molecular weight excluding hydrogens is 546 g/mol. The van der Waals surface area contributed by atoms with Crippen LogP contribution in [-0.2, 0) is 11.8 Å². The van der Waals surface area contributed by atoms with Gasteiger partial charge in [0.25, 0.3) is 5.91 Å². The summed E-state index contributed by atoms with van der Waals surface area (Å²) < 4.78 is 35.0. The van der Waals surface area contributed by atoms with E-state index in [1.165, 1.54) is 6.33 Å². The number of amides is 1. The first-order chi connectivity index (χ1) is 20.3. The molecule has 0 aliphatic carbocycles. The molecule has 0 saturated carbocycles. The predicted molar refractivity (Wildman–Crippen MR) is 152 cm³/mol. The van der Waals surface area contributed by atoms with Crippen LogP contribution in [0, 0.1) is 6.92 Å². The first-order valence-electron chi connectivity index (χ1n) is 13.1. The summed E-state index contributed by atoms with van der Waals surface area (Å²) in [5, 5.41) is 11.5. The van der Waals surface area contributed by atoms with Gasteiger partial charge in [-0.2, -0.15) is 0 Å². The molecule has 214 valence electrons. The molecule has 42 heavy (non-hydrogen) atoms. The van der Waals surface area contributed by atoms with Crippen molar-refractivity contribution >= 4 is 45.4 Å². The molecule has 2 aromatic carbocycles. The molecule has 1 fully saturated rings. The number of carbonyl (C=O) groups is 1. The maximum absolute atomic E-state index is 13.8. The second kappa shape index (κ2) is 11.0. The number of fused-ring (bicyclic) bond motifs is 2. The van der Waals surface area contributed by atoms with Gasteiger partial charge in [-0.1, -0.05) is 11.8 Å². The standard InChI is InChI=1S/C28H26F2N10O2/c1-16-10-18(4-7-24(16)42-20-5-6-23-21(11-20)36-37-38(23)3)34-26-25-22(32-15-33-26)13-31-28(35-25)39-8-9-40(19(12-29)14-39)27(41)17(2)30/h4-7,10-11,13,15,19H,2,8-9,12,14H2,1,3H3,(H,32,33,34)/t19-/m1/s1. The maximum Gasteiger partial charge on any atom is 0.282 e. The van der Waals surface area contributed by atoms with Crippen LogP contribution in [0.3, 0.4) is 0 Å². The van der Waals surface area contributed by atoms with E-state index in [4.69, 9.17) is 4.74 Å². The van der Waals surface area contributed by atoms with E-state index in [9.17, 15) is 13.6 Å². The monoisotopic (exact) mass is 572 g/mol. The Morgan fingerprint density at radius 3 is 2.79 bits per heavy atom. The third-order valence-corrected chi connectivity index (χ3v) is 7.05. The summed E-state index contributed by atoms with van der Waals surface area (Å²) in [7, 11) is 1.83. The number of nitrogens with zero attached hydrogens (tertiary/aromatic N) is 9. The van der Waals surface area contributed by atoms with E-state index in [1.54, 1.807) is 15.8 Å². The second-order valence-corrected chi connectivity index (χ2v) is 9.85. The number of carbonyl (C=O) groups excluding carboxylic acids is 1. The molecule has 14 heteroatoms. The van der Waals surface area contributed by atoms with Crippen molar-refractivity contribution in [3.63, 3.8) is 0 Å². The zero-order chi connectivity index (χ0) is 29.4. The van der Waals surface area contributed by atoms with Crippen LogP contribution in [0.2, 0.25) is 0 Å². The molecule has 1 aliphatic heterocycles.